The summed E-state index contributed by atoms with van der Waals surface area (Å²) in [6.07, 6.45) is -2.35. The van der Waals surface area contributed by atoms with E-state index in [9.17, 15) is 0 Å². The number of nitrogens with one attached hydrogen (secondary N) is 1. The van der Waals surface area contributed by atoms with Gasteiger partial charge in [0.05, 0.1) is 19.4 Å². The summed E-state index contributed by atoms with van der Waals surface area (Å²) in [6.45, 7) is 4.20. The molecule has 7 heteroatoms. The Morgan fingerprint density at radius 3 is 2.64 bits per heavy atom. The lowest BCUT2D eigenvalue weighted by atomic mass is 10.1. The van der Waals surface area contributed by atoms with Gasteiger partial charge in [-0.25, -0.2) is 0 Å². The van der Waals surface area contributed by atoms with Crippen LogP contribution in [0.4, 0.5) is 5.69 Å². The molecule has 1 heterocycles. The van der Waals surface area contributed by atoms with Gasteiger partial charge in [0, 0.05) is 24.0 Å². The Morgan fingerprint density at radius 2 is 1.96 bits per heavy atom. The van der Waals surface area contributed by atoms with Gasteiger partial charge < -0.3 is 19.2 Å². The van der Waals surface area contributed by atoms with Crippen LogP contribution in [0.3, 0.4) is 0 Å². The molecule has 0 aliphatic carbocycles. The predicted octanol–water partition coefficient (Wildman–Crippen LogP) is 3.45. The molecule has 1 aliphatic heterocycles. The molecule has 25 heavy (non-hydrogen) atoms. The minimum Gasteiger partial charge on any atom is -0.497 e. The summed E-state index contributed by atoms with van der Waals surface area (Å²) in [5.41, 5.74) is 2.03. The van der Waals surface area contributed by atoms with Gasteiger partial charge in [-0.1, -0.05) is 24.4 Å². The summed E-state index contributed by atoms with van der Waals surface area (Å²) in [5, 5.41) is 4.25. The van der Waals surface area contributed by atoms with Crippen LogP contribution >= 0.6 is 18.6 Å². The second kappa shape index (κ2) is 7.83. The van der Waals surface area contributed by atoms with Gasteiger partial charge in [-0.2, -0.15) is 0 Å². The van der Waals surface area contributed by atoms with Crippen LogP contribution in [0.25, 0.3) is 0 Å². The second-order valence-corrected chi connectivity index (χ2v) is 9.74. The molecule has 0 spiro atoms. The minimum atomic E-state index is -2.35. The molecule has 0 bridgehead atoms. The monoisotopic (exact) mass is 392 g/mol. The van der Waals surface area contributed by atoms with Gasteiger partial charge in [0.1, 0.15) is 10.7 Å². The largest absolute Gasteiger partial charge is 0.497 e. The first kappa shape index (κ1) is 18.3. The van der Waals surface area contributed by atoms with E-state index in [-0.39, 0.29) is 0 Å². The average Bonchev–Trinajstić information content (AvgIpc) is 3.04. The van der Waals surface area contributed by atoms with E-state index in [0.717, 1.165) is 40.4 Å². The molecule has 3 rings (SSSR count). The van der Waals surface area contributed by atoms with E-state index in [2.05, 4.69) is 16.1 Å². The number of hydrogen-bond acceptors (Lipinski definition) is 4. The lowest BCUT2D eigenvalue weighted by molar-refractivity contribution is 0.401. The maximum Gasteiger partial charge on any atom is 0.186 e. The maximum atomic E-state index is 6.11. The van der Waals surface area contributed by atoms with E-state index in [0.29, 0.717) is 6.61 Å². The number of ether oxygens (including phenoxy) is 1. The third-order valence-corrected chi connectivity index (χ3v) is 8.49. The van der Waals surface area contributed by atoms with Crippen molar-refractivity contribution >= 4 is 46.4 Å². The fraction of sp³-hybridized carbons (Fsp3) is 0.278. The lowest BCUT2D eigenvalue weighted by Crippen LogP contribution is -2.27. The zero-order valence-corrected chi connectivity index (χ0v) is 16.8. The van der Waals surface area contributed by atoms with Crippen molar-refractivity contribution in [2.45, 2.75) is 6.92 Å². The Labute approximate surface area is 159 Å². The molecule has 1 aliphatic rings. The van der Waals surface area contributed by atoms with Crippen LogP contribution in [0.1, 0.15) is 12.5 Å². The maximum absolute atomic E-state index is 6.11. The number of rotatable bonds is 5. The molecule has 0 aromatic heterocycles. The SMILES string of the molecule is CCNC(=S)c1ccccc1N1CCOP1(=S)c1ccc(OC)cc1. The minimum absolute atomic E-state index is 0.617. The van der Waals surface area contributed by atoms with E-state index in [1.807, 2.05) is 49.4 Å². The van der Waals surface area contributed by atoms with Crippen molar-refractivity contribution < 1.29 is 9.26 Å². The summed E-state index contributed by atoms with van der Waals surface area (Å²) in [7, 11) is 1.66. The molecule has 132 valence electrons. The van der Waals surface area contributed by atoms with Crippen LogP contribution in [-0.2, 0) is 16.3 Å². The summed E-state index contributed by atoms with van der Waals surface area (Å²) in [6, 6.07) is 16.0. The summed E-state index contributed by atoms with van der Waals surface area (Å²) in [4.78, 5) is 0.737. The van der Waals surface area contributed by atoms with Gasteiger partial charge >= 0.3 is 0 Å². The van der Waals surface area contributed by atoms with E-state index >= 15 is 0 Å². The molecule has 1 atom stereocenters. The van der Waals surface area contributed by atoms with Gasteiger partial charge in [0.15, 0.2) is 6.42 Å². The quantitative estimate of drug-likeness (QED) is 0.620. The van der Waals surface area contributed by atoms with Crippen LogP contribution in [-0.4, -0.2) is 31.8 Å². The highest BCUT2D eigenvalue weighted by molar-refractivity contribution is 8.16. The first-order valence-corrected chi connectivity index (χ1v) is 11.2. The Kier molecular flexibility index (Phi) is 5.74. The normalized spacial score (nSPS) is 19.7. The molecule has 4 nitrogen and oxygen atoms in total. The van der Waals surface area contributed by atoms with Crippen LogP contribution in [0.2, 0.25) is 0 Å². The Balaban J connectivity index is 2.02. The molecule has 1 unspecified atom stereocenters. The third kappa shape index (κ3) is 3.58. The van der Waals surface area contributed by atoms with E-state index in [1.54, 1.807) is 7.11 Å². The van der Waals surface area contributed by atoms with Crippen molar-refractivity contribution in [1.29, 1.82) is 0 Å². The Morgan fingerprint density at radius 1 is 1.24 bits per heavy atom. The number of nitrogens with zero attached hydrogens (tertiary/aromatic N) is 1. The van der Waals surface area contributed by atoms with Crippen LogP contribution in [0.5, 0.6) is 5.75 Å². The number of hydrogen-bond donors (Lipinski definition) is 1. The average molecular weight is 392 g/mol. The molecule has 1 saturated heterocycles. The number of thiocarbonyl (C=S) groups is 1. The smallest absolute Gasteiger partial charge is 0.186 e. The van der Waals surface area contributed by atoms with Crippen molar-refractivity contribution in [1.82, 2.24) is 5.32 Å². The highest BCUT2D eigenvalue weighted by atomic mass is 32.4. The highest BCUT2D eigenvalue weighted by Crippen LogP contribution is 2.56. The number of methoxy groups -OCH3 is 1. The molecule has 2 aromatic rings. The lowest BCUT2D eigenvalue weighted by Gasteiger charge is -2.30. The molecule has 0 amide bonds. The molecular formula is C18H21N2O2PS2. The number of benzene rings is 2. The van der Waals surface area contributed by atoms with Crippen molar-refractivity contribution in [3.63, 3.8) is 0 Å². The zero-order chi connectivity index (χ0) is 17.9. The van der Waals surface area contributed by atoms with Crippen molar-refractivity contribution in [2.24, 2.45) is 0 Å². The van der Waals surface area contributed by atoms with E-state index < -0.39 is 6.42 Å². The fourth-order valence-corrected chi connectivity index (χ4v) is 6.49. The van der Waals surface area contributed by atoms with Gasteiger partial charge in [0.2, 0.25) is 0 Å². The summed E-state index contributed by atoms with van der Waals surface area (Å²) >= 11 is 11.6. The molecule has 0 saturated carbocycles. The highest BCUT2D eigenvalue weighted by Gasteiger charge is 2.36. The molecule has 0 radical (unpaired) electrons. The van der Waals surface area contributed by atoms with Crippen LogP contribution in [0, 0.1) is 0 Å². The topological polar surface area (TPSA) is 33.7 Å². The Hall–Kier alpha value is -1.46. The number of anilines is 1. The van der Waals surface area contributed by atoms with Crippen molar-refractivity contribution in [3.8, 4) is 5.75 Å². The molecular weight excluding hydrogens is 371 g/mol. The summed E-state index contributed by atoms with van der Waals surface area (Å²) < 4.78 is 13.6. The first-order valence-electron chi connectivity index (χ1n) is 8.14. The van der Waals surface area contributed by atoms with Gasteiger partial charge in [-0.05, 0) is 55.1 Å². The summed E-state index contributed by atoms with van der Waals surface area (Å²) in [5.74, 6) is 0.810. The van der Waals surface area contributed by atoms with Crippen molar-refractivity contribution in [3.05, 3.63) is 54.1 Å². The molecule has 1 fully saturated rings. The van der Waals surface area contributed by atoms with E-state index in [4.69, 9.17) is 33.3 Å². The van der Waals surface area contributed by atoms with Gasteiger partial charge in [-0.3, -0.25) is 0 Å². The van der Waals surface area contributed by atoms with Crippen LogP contribution in [0.15, 0.2) is 48.5 Å². The van der Waals surface area contributed by atoms with Crippen LogP contribution < -0.4 is 20.0 Å². The Bertz CT molecular complexity index is 811. The zero-order valence-electron chi connectivity index (χ0n) is 14.3. The molecule has 2 aromatic carbocycles. The fourth-order valence-electron chi connectivity index (χ4n) is 2.85. The third-order valence-electron chi connectivity index (χ3n) is 4.05. The standard InChI is InChI=1S/C18H21N2O2PS2/c1-3-19-18(24)16-6-4-5-7-17(16)20-12-13-22-23(20,25)15-10-8-14(21-2)9-11-15/h4-11H,3,12-13H2,1-2H3,(H,19,24). The van der Waals surface area contributed by atoms with E-state index in [1.165, 1.54) is 0 Å². The van der Waals surface area contributed by atoms with Crippen molar-refractivity contribution in [2.75, 3.05) is 31.5 Å². The predicted molar refractivity (Wildman–Crippen MR) is 112 cm³/mol. The molecule has 1 N–H and O–H groups in total. The second-order valence-electron chi connectivity index (χ2n) is 5.55. The van der Waals surface area contributed by atoms with Gasteiger partial charge in [-0.15, -0.1) is 0 Å². The number of para-hydroxylation sites is 1. The first-order chi connectivity index (χ1) is 12.1. The van der Waals surface area contributed by atoms with Gasteiger partial charge in [0.25, 0.3) is 0 Å².